The van der Waals surface area contributed by atoms with Crippen molar-refractivity contribution < 1.29 is 9.90 Å². The Hall–Kier alpha value is -2.13. The molecule has 0 radical (unpaired) electrons. The Morgan fingerprint density at radius 1 is 1.21 bits per heavy atom. The minimum Gasteiger partial charge on any atom is -0.507 e. The largest absolute Gasteiger partial charge is 0.507 e. The SMILES string of the molecule is C=C(C)Cc1c(C)sc(C=CC(=O)c2cc(C)c(O)c(C)c2)c1C. The van der Waals surface area contributed by atoms with Gasteiger partial charge in [0.05, 0.1) is 0 Å². The van der Waals surface area contributed by atoms with Gasteiger partial charge in [-0.1, -0.05) is 12.2 Å². The van der Waals surface area contributed by atoms with Crippen molar-refractivity contribution in [2.45, 2.75) is 41.0 Å². The molecule has 1 aromatic carbocycles. The molecule has 0 aliphatic carbocycles. The molecule has 1 aromatic heterocycles. The minimum atomic E-state index is -0.0481. The van der Waals surface area contributed by atoms with Crippen molar-refractivity contribution >= 4 is 23.2 Å². The average molecular weight is 340 g/mol. The average Bonchev–Trinajstić information content (AvgIpc) is 2.76. The summed E-state index contributed by atoms with van der Waals surface area (Å²) in [4.78, 5) is 14.8. The molecule has 0 aliphatic rings. The van der Waals surface area contributed by atoms with Crippen LogP contribution >= 0.6 is 11.3 Å². The number of phenolic OH excluding ortho intramolecular Hbond substituents is 1. The van der Waals surface area contributed by atoms with Crippen LogP contribution < -0.4 is 0 Å². The van der Waals surface area contributed by atoms with E-state index < -0.39 is 0 Å². The Bertz CT molecular complexity index is 815. The zero-order chi connectivity index (χ0) is 18.0. The monoisotopic (exact) mass is 340 g/mol. The molecule has 0 saturated carbocycles. The van der Waals surface area contributed by atoms with E-state index in [2.05, 4.69) is 20.4 Å². The van der Waals surface area contributed by atoms with Crippen molar-refractivity contribution in [3.8, 4) is 5.75 Å². The van der Waals surface area contributed by atoms with Gasteiger partial charge in [0.1, 0.15) is 5.75 Å². The van der Waals surface area contributed by atoms with Gasteiger partial charge >= 0.3 is 0 Å². The number of carbonyl (C=O) groups is 1. The van der Waals surface area contributed by atoms with E-state index in [4.69, 9.17) is 0 Å². The van der Waals surface area contributed by atoms with Crippen LogP contribution in [0.3, 0.4) is 0 Å². The fraction of sp³-hybridized carbons (Fsp3) is 0.286. The summed E-state index contributed by atoms with van der Waals surface area (Å²) >= 11 is 1.71. The van der Waals surface area contributed by atoms with Crippen LogP contribution in [0.25, 0.3) is 6.08 Å². The first-order valence-corrected chi connectivity index (χ1v) is 8.78. The Morgan fingerprint density at radius 2 is 1.79 bits per heavy atom. The Balaban J connectivity index is 2.28. The van der Waals surface area contributed by atoms with Gasteiger partial charge in [-0.15, -0.1) is 11.3 Å². The molecule has 0 bridgehead atoms. The summed E-state index contributed by atoms with van der Waals surface area (Å²) in [6.07, 6.45) is 4.40. The molecule has 0 amide bonds. The van der Waals surface area contributed by atoms with Gasteiger partial charge in [0.2, 0.25) is 0 Å². The van der Waals surface area contributed by atoms with Gasteiger partial charge in [-0.2, -0.15) is 0 Å². The van der Waals surface area contributed by atoms with E-state index in [-0.39, 0.29) is 11.5 Å². The molecule has 0 aliphatic heterocycles. The number of benzene rings is 1. The van der Waals surface area contributed by atoms with Crippen molar-refractivity contribution in [1.82, 2.24) is 0 Å². The van der Waals surface area contributed by atoms with Gasteiger partial charge in [0.25, 0.3) is 0 Å². The number of carbonyl (C=O) groups excluding carboxylic acids is 1. The van der Waals surface area contributed by atoms with Crippen LogP contribution in [0.2, 0.25) is 0 Å². The molecule has 0 saturated heterocycles. The fourth-order valence-corrected chi connectivity index (χ4v) is 3.87. The van der Waals surface area contributed by atoms with Crippen LogP contribution in [0.15, 0.2) is 30.4 Å². The van der Waals surface area contributed by atoms with Crippen molar-refractivity contribution in [1.29, 1.82) is 0 Å². The second kappa shape index (κ2) is 7.18. The molecule has 1 N–H and O–H groups in total. The molecule has 0 spiro atoms. The molecule has 0 atom stereocenters. The Kier molecular flexibility index (Phi) is 5.45. The van der Waals surface area contributed by atoms with Crippen molar-refractivity contribution in [2.75, 3.05) is 0 Å². The van der Waals surface area contributed by atoms with Crippen LogP contribution in [0.4, 0.5) is 0 Å². The molecule has 24 heavy (non-hydrogen) atoms. The maximum atomic E-state index is 12.4. The first-order chi connectivity index (χ1) is 11.2. The molecule has 2 aromatic rings. The number of allylic oxidation sites excluding steroid dienone is 2. The number of ketones is 1. The first kappa shape index (κ1) is 18.2. The molecule has 2 nitrogen and oxygen atoms in total. The molecule has 3 heteroatoms. The van der Waals surface area contributed by atoms with Gasteiger partial charge < -0.3 is 5.11 Å². The smallest absolute Gasteiger partial charge is 0.185 e. The van der Waals surface area contributed by atoms with Crippen molar-refractivity contribution in [3.05, 3.63) is 67.9 Å². The van der Waals surface area contributed by atoms with Gasteiger partial charge in [0.15, 0.2) is 5.78 Å². The zero-order valence-electron chi connectivity index (χ0n) is 15.0. The number of hydrogen-bond acceptors (Lipinski definition) is 3. The number of rotatable bonds is 5. The van der Waals surface area contributed by atoms with Crippen LogP contribution in [0, 0.1) is 27.7 Å². The summed E-state index contributed by atoms with van der Waals surface area (Å²) in [5.41, 5.74) is 5.73. The number of aromatic hydroxyl groups is 1. The van der Waals surface area contributed by atoms with Crippen LogP contribution in [0.1, 0.15) is 49.3 Å². The quantitative estimate of drug-likeness (QED) is 0.430. The van der Waals surface area contributed by atoms with E-state index in [0.29, 0.717) is 5.56 Å². The fourth-order valence-electron chi connectivity index (χ4n) is 2.78. The van der Waals surface area contributed by atoms with E-state index in [9.17, 15) is 9.90 Å². The molecular formula is C21H24O2S. The second-order valence-electron chi connectivity index (χ2n) is 6.42. The lowest BCUT2D eigenvalue weighted by Crippen LogP contribution is -1.96. The van der Waals surface area contributed by atoms with E-state index in [0.717, 1.165) is 28.0 Å². The predicted octanol–water partition coefficient (Wildman–Crippen LogP) is 5.70. The summed E-state index contributed by atoms with van der Waals surface area (Å²) in [7, 11) is 0. The summed E-state index contributed by atoms with van der Waals surface area (Å²) < 4.78 is 0. The van der Waals surface area contributed by atoms with Crippen molar-refractivity contribution in [3.63, 3.8) is 0 Å². The summed E-state index contributed by atoms with van der Waals surface area (Å²) in [5, 5.41) is 9.83. The lowest BCUT2D eigenvalue weighted by molar-refractivity contribution is 0.104. The van der Waals surface area contributed by atoms with E-state index in [1.54, 1.807) is 43.4 Å². The number of hydrogen-bond donors (Lipinski definition) is 1. The highest BCUT2D eigenvalue weighted by Gasteiger charge is 2.12. The third kappa shape index (κ3) is 3.85. The van der Waals surface area contributed by atoms with E-state index in [1.165, 1.54) is 16.0 Å². The molecular weight excluding hydrogens is 316 g/mol. The summed E-state index contributed by atoms with van der Waals surface area (Å²) in [6, 6.07) is 3.46. The highest BCUT2D eigenvalue weighted by Crippen LogP contribution is 2.30. The molecule has 2 rings (SSSR count). The van der Waals surface area contributed by atoms with Gasteiger partial charge in [-0.3, -0.25) is 4.79 Å². The molecule has 0 fully saturated rings. The van der Waals surface area contributed by atoms with E-state index in [1.807, 2.05) is 13.0 Å². The summed E-state index contributed by atoms with van der Waals surface area (Å²) in [5.74, 6) is 0.206. The first-order valence-electron chi connectivity index (χ1n) is 7.96. The lowest BCUT2D eigenvalue weighted by Gasteiger charge is -2.05. The maximum Gasteiger partial charge on any atom is 0.185 e. The van der Waals surface area contributed by atoms with Crippen LogP contribution in [-0.2, 0) is 6.42 Å². The Morgan fingerprint density at radius 3 is 2.33 bits per heavy atom. The highest BCUT2D eigenvalue weighted by atomic mass is 32.1. The van der Waals surface area contributed by atoms with Gasteiger partial charge in [0, 0.05) is 15.3 Å². The normalized spacial score (nSPS) is 11.2. The molecule has 0 unspecified atom stereocenters. The van der Waals surface area contributed by atoms with Gasteiger partial charge in [-0.05, 0) is 87.6 Å². The highest BCUT2D eigenvalue weighted by molar-refractivity contribution is 7.13. The number of thiophene rings is 1. The summed E-state index contributed by atoms with van der Waals surface area (Å²) in [6.45, 7) is 13.8. The topological polar surface area (TPSA) is 37.3 Å². The zero-order valence-corrected chi connectivity index (χ0v) is 15.8. The van der Waals surface area contributed by atoms with Gasteiger partial charge in [-0.25, -0.2) is 0 Å². The van der Waals surface area contributed by atoms with Crippen LogP contribution in [0.5, 0.6) is 5.75 Å². The second-order valence-corrected chi connectivity index (χ2v) is 7.67. The van der Waals surface area contributed by atoms with Crippen molar-refractivity contribution in [2.24, 2.45) is 0 Å². The third-order valence-electron chi connectivity index (χ3n) is 4.15. The minimum absolute atomic E-state index is 0.0481. The Labute approximate surface area is 148 Å². The molecule has 1 heterocycles. The maximum absolute atomic E-state index is 12.4. The standard InChI is InChI=1S/C21H24O2S/c1-12(2)9-18-15(5)20(24-16(18)6)8-7-19(22)17-10-13(3)21(23)14(4)11-17/h7-8,10-11,23H,1,9H2,2-6H3. The predicted molar refractivity (Wildman–Crippen MR) is 103 cm³/mol. The third-order valence-corrected chi connectivity index (χ3v) is 5.37. The lowest BCUT2D eigenvalue weighted by atomic mass is 10.0. The number of phenols is 1. The molecule has 126 valence electrons. The van der Waals surface area contributed by atoms with E-state index >= 15 is 0 Å². The number of aryl methyl sites for hydroxylation is 3. The van der Waals surface area contributed by atoms with Crippen LogP contribution in [-0.4, -0.2) is 10.9 Å².